The molecule has 2 fully saturated rings. The van der Waals surface area contributed by atoms with Crippen molar-refractivity contribution in [1.82, 2.24) is 30.4 Å². The summed E-state index contributed by atoms with van der Waals surface area (Å²) in [7, 11) is 0. The Labute approximate surface area is 336 Å². The summed E-state index contributed by atoms with van der Waals surface area (Å²) in [5.41, 5.74) is 2.35. The quantitative estimate of drug-likeness (QED) is 0.0648. The Balaban J connectivity index is 1.16. The second kappa shape index (κ2) is 19.4. The molecule has 6 N–H and O–H groups in total. The topological polar surface area (TPSA) is 213 Å². The fourth-order valence-electron chi connectivity index (χ4n) is 7.44. The van der Waals surface area contributed by atoms with Crippen molar-refractivity contribution in [3.05, 3.63) is 87.8 Å². The fraction of sp³-hybridized carbons (Fsp3) is 0.429. The number of fused-ring (bicyclic) bond motifs is 1. The van der Waals surface area contributed by atoms with Crippen LogP contribution in [0.2, 0.25) is 0 Å². The van der Waals surface area contributed by atoms with Crippen molar-refractivity contribution in [1.29, 1.82) is 0 Å². The Morgan fingerprint density at radius 2 is 1.19 bits per heavy atom. The van der Waals surface area contributed by atoms with Crippen LogP contribution in [0.1, 0.15) is 103 Å². The van der Waals surface area contributed by atoms with E-state index in [1.54, 1.807) is 36.4 Å². The lowest BCUT2D eigenvalue weighted by molar-refractivity contribution is -0.126. The predicted octanol–water partition coefficient (Wildman–Crippen LogP) is 5.69. The van der Waals surface area contributed by atoms with Gasteiger partial charge >= 0.3 is 5.69 Å². The lowest BCUT2D eigenvalue weighted by Crippen LogP contribution is -2.50. The number of carbonyl (C=O) groups is 5. The zero-order valence-electron chi connectivity index (χ0n) is 33.2. The van der Waals surface area contributed by atoms with E-state index >= 15 is 0 Å². The van der Waals surface area contributed by atoms with E-state index in [0.29, 0.717) is 16.7 Å². The molecule has 3 atom stereocenters. The number of anilines is 2. The van der Waals surface area contributed by atoms with Gasteiger partial charge in [0.15, 0.2) is 5.78 Å². The lowest BCUT2D eigenvalue weighted by Gasteiger charge is -2.34. The van der Waals surface area contributed by atoms with Gasteiger partial charge in [-0.3, -0.25) is 33.8 Å². The summed E-state index contributed by atoms with van der Waals surface area (Å²) < 4.78 is 0. The van der Waals surface area contributed by atoms with Crippen molar-refractivity contribution in [3.63, 3.8) is 0 Å². The molecule has 0 bridgehead atoms. The van der Waals surface area contributed by atoms with Crippen molar-refractivity contribution in [3.8, 4) is 0 Å². The first kappa shape index (κ1) is 41.6. The minimum atomic E-state index is -1.44. The van der Waals surface area contributed by atoms with E-state index in [0.717, 1.165) is 64.7 Å². The molecular formula is C42H52N10O6. The van der Waals surface area contributed by atoms with Crippen LogP contribution < -0.4 is 27.0 Å². The minimum Gasteiger partial charge on any atom is -0.337 e. The third-order valence-electron chi connectivity index (χ3n) is 10.6. The molecule has 0 spiro atoms. The maximum absolute atomic E-state index is 13.8. The number of benzene rings is 3. The number of nitrogens with one attached hydrogen (secondary N) is 6. The number of aromatic amines is 2. The van der Waals surface area contributed by atoms with Gasteiger partial charge in [0, 0.05) is 54.2 Å². The van der Waals surface area contributed by atoms with Crippen molar-refractivity contribution >= 4 is 57.5 Å². The number of Topliss-reactive ketones (excluding diaryl/α,β-unsaturated/α-hetero) is 1. The third kappa shape index (κ3) is 10.7. The summed E-state index contributed by atoms with van der Waals surface area (Å²) in [4.78, 5) is 87.8. The van der Waals surface area contributed by atoms with Crippen molar-refractivity contribution < 1.29 is 24.0 Å². The van der Waals surface area contributed by atoms with E-state index in [2.05, 4.69) is 51.3 Å². The molecule has 3 unspecified atom stereocenters. The van der Waals surface area contributed by atoms with Gasteiger partial charge in [0.2, 0.25) is 6.04 Å². The first-order chi connectivity index (χ1) is 28.0. The van der Waals surface area contributed by atoms with E-state index < -0.39 is 23.6 Å². The lowest BCUT2D eigenvalue weighted by atomic mass is 10.1. The smallest absolute Gasteiger partial charge is 0.323 e. The van der Waals surface area contributed by atoms with Gasteiger partial charge in [0.05, 0.1) is 29.1 Å². The maximum Gasteiger partial charge on any atom is 0.323 e. The van der Waals surface area contributed by atoms with Crippen molar-refractivity contribution in [2.45, 2.75) is 90.5 Å². The van der Waals surface area contributed by atoms with E-state index in [1.807, 2.05) is 13.8 Å². The fourth-order valence-corrected chi connectivity index (χ4v) is 7.44. The number of imidazole rings is 1. The molecule has 58 heavy (non-hydrogen) atoms. The Morgan fingerprint density at radius 3 is 1.72 bits per heavy atom. The molecule has 16 nitrogen and oxygen atoms in total. The summed E-state index contributed by atoms with van der Waals surface area (Å²) >= 11 is 0. The Morgan fingerprint density at radius 1 is 0.638 bits per heavy atom. The molecule has 4 aromatic rings. The molecule has 306 valence electrons. The highest BCUT2D eigenvalue weighted by Gasteiger charge is 2.26. The van der Waals surface area contributed by atoms with E-state index in [1.165, 1.54) is 44.0 Å². The molecule has 0 saturated carbocycles. The minimum absolute atomic E-state index is 0.157. The first-order valence-electron chi connectivity index (χ1n) is 20.1. The summed E-state index contributed by atoms with van der Waals surface area (Å²) in [5.74, 6) is -2.41. The van der Waals surface area contributed by atoms with Gasteiger partial charge in [-0.25, -0.2) is 4.79 Å². The molecule has 3 heterocycles. The van der Waals surface area contributed by atoms with Gasteiger partial charge in [0.1, 0.15) is 0 Å². The zero-order valence-corrected chi connectivity index (χ0v) is 33.2. The van der Waals surface area contributed by atoms with Gasteiger partial charge in [-0.05, 0) is 106 Å². The molecule has 4 amide bonds. The van der Waals surface area contributed by atoms with Crippen LogP contribution in [0, 0.1) is 0 Å². The summed E-state index contributed by atoms with van der Waals surface area (Å²) in [6.45, 7) is 8.91. The molecule has 2 saturated heterocycles. The van der Waals surface area contributed by atoms with Gasteiger partial charge in [-0.1, -0.05) is 26.7 Å². The number of piperidine rings is 2. The first-order valence-corrected chi connectivity index (χ1v) is 20.1. The number of aromatic nitrogens is 2. The van der Waals surface area contributed by atoms with Crippen LogP contribution in [0.3, 0.4) is 0 Å². The highest BCUT2D eigenvalue weighted by molar-refractivity contribution is 6.10. The molecule has 2 aliphatic rings. The van der Waals surface area contributed by atoms with E-state index in [-0.39, 0.29) is 57.9 Å². The molecule has 0 aliphatic carbocycles. The number of ketones is 1. The number of hydrogen-bond donors (Lipinski definition) is 6. The molecule has 16 heteroatoms. The highest BCUT2D eigenvalue weighted by Crippen LogP contribution is 2.22. The second-order valence-corrected chi connectivity index (χ2v) is 14.8. The van der Waals surface area contributed by atoms with Gasteiger partial charge in [-0.2, -0.15) is 10.2 Å². The largest absolute Gasteiger partial charge is 0.337 e. The van der Waals surface area contributed by atoms with Crippen molar-refractivity contribution in [2.75, 3.05) is 36.8 Å². The van der Waals surface area contributed by atoms with Crippen LogP contribution in [0.25, 0.3) is 11.0 Å². The number of rotatable bonds is 15. The Kier molecular flexibility index (Phi) is 13.9. The van der Waals surface area contributed by atoms with Crippen molar-refractivity contribution in [2.24, 2.45) is 10.2 Å². The van der Waals surface area contributed by atoms with Gasteiger partial charge in [0.25, 0.3) is 23.6 Å². The number of H-pyrrole nitrogens is 2. The standard InChI is InChI=1S/C42H52N10O6/c1-4-35(51-18-8-6-9-19-51)47-39(55)28-22-29(40(56)48-36(5-2)52-20-10-7-11-21-52)24-32(23-28)44-38(54)27-12-14-30(15-13-27)49-50-37(26(3)53)41(57)43-31-16-17-33-34(25-31)46-42(58)45-33/h12-17,22-25,35-37H,4-11,18-21H2,1-3H3,(H,43,57)(H,44,54)(H,47,55)(H,48,56)(H2,45,46,58). The Hall–Kier alpha value is -6.00. The van der Waals surface area contributed by atoms with Gasteiger partial charge < -0.3 is 31.2 Å². The zero-order chi connectivity index (χ0) is 41.2. The van der Waals surface area contributed by atoms with Crippen LogP contribution in [0.15, 0.2) is 75.7 Å². The highest BCUT2D eigenvalue weighted by atomic mass is 16.2. The summed E-state index contributed by atoms with van der Waals surface area (Å²) in [5, 5.41) is 19.8. The number of likely N-dealkylation sites (tertiary alicyclic amines) is 2. The maximum atomic E-state index is 13.8. The third-order valence-corrected chi connectivity index (χ3v) is 10.6. The number of nitrogens with zero attached hydrogens (tertiary/aromatic N) is 4. The Bertz CT molecular complexity index is 2140. The normalized spacial score (nSPS) is 16.7. The number of hydrogen-bond acceptors (Lipinski definition) is 10. The molecule has 3 aromatic carbocycles. The van der Waals surface area contributed by atoms with Crippen LogP contribution >= 0.6 is 0 Å². The average molecular weight is 793 g/mol. The van der Waals surface area contributed by atoms with Gasteiger partial charge in [-0.15, -0.1) is 0 Å². The van der Waals surface area contributed by atoms with Crippen LogP contribution in [0.5, 0.6) is 0 Å². The molecule has 2 aliphatic heterocycles. The number of azo groups is 1. The molecular weight excluding hydrogens is 741 g/mol. The monoisotopic (exact) mass is 792 g/mol. The number of amides is 4. The average Bonchev–Trinajstić information content (AvgIpc) is 3.61. The molecule has 0 radical (unpaired) electrons. The summed E-state index contributed by atoms with van der Waals surface area (Å²) in [6, 6.07) is 14.1. The summed E-state index contributed by atoms with van der Waals surface area (Å²) in [6.07, 6.45) is 7.76. The number of carbonyl (C=O) groups excluding carboxylic acids is 5. The van der Waals surface area contributed by atoms with Crippen LogP contribution in [-0.2, 0) is 9.59 Å². The molecule has 6 rings (SSSR count). The second-order valence-electron chi connectivity index (χ2n) is 14.8. The van der Waals surface area contributed by atoms with E-state index in [9.17, 15) is 28.8 Å². The van der Waals surface area contributed by atoms with E-state index in [4.69, 9.17) is 0 Å². The predicted molar refractivity (Wildman–Crippen MR) is 221 cm³/mol. The SMILES string of the molecule is CCC(NC(=O)c1cc(NC(=O)c2ccc(N=NC(C(C)=O)C(=O)Nc3ccc4[nH]c(=O)[nH]c4c3)cc2)cc(C(=O)NC(CC)N2CCCCC2)c1)N1CCCCC1. The van der Waals surface area contributed by atoms with Crippen LogP contribution in [0.4, 0.5) is 17.1 Å². The van der Waals surface area contributed by atoms with Crippen LogP contribution in [-0.4, -0.2) is 93.7 Å². The molecule has 1 aromatic heterocycles.